The third-order valence-electron chi connectivity index (χ3n) is 26.7. The van der Waals surface area contributed by atoms with E-state index < -0.39 is 9.84 Å². The second kappa shape index (κ2) is 35.3. The summed E-state index contributed by atoms with van der Waals surface area (Å²) in [6, 6.07) is 8.54. The van der Waals surface area contributed by atoms with Crippen molar-refractivity contribution in [3.63, 3.8) is 0 Å². The first-order valence-electron chi connectivity index (χ1n) is 42.7. The minimum Gasteiger partial charge on any atom is -0.493 e. The maximum Gasteiger partial charge on any atom is 0.150 e. The Labute approximate surface area is 659 Å². The van der Waals surface area contributed by atoms with E-state index in [9.17, 15) is 22.8 Å². The lowest BCUT2D eigenvalue weighted by Crippen LogP contribution is -2.52. The van der Waals surface area contributed by atoms with Crippen molar-refractivity contribution in [2.75, 3.05) is 37.9 Å². The smallest absolute Gasteiger partial charge is 0.150 e. The molecule has 0 aromatic heterocycles. The van der Waals surface area contributed by atoms with Gasteiger partial charge in [0.15, 0.2) is 9.84 Å². The Morgan fingerprint density at radius 1 is 0.311 bits per heavy atom. The average Bonchev–Trinajstić information content (AvgIpc) is 1.58. The van der Waals surface area contributed by atoms with Crippen molar-refractivity contribution in [2.45, 2.75) is 367 Å². The Morgan fingerprint density at radius 2 is 0.670 bits per heavy atom. The van der Waals surface area contributed by atoms with Crippen LogP contribution in [0.1, 0.15) is 366 Å². The molecule has 4 saturated carbocycles. The molecule has 620 valence electrons. The van der Waals surface area contributed by atoms with Crippen molar-refractivity contribution in [2.24, 2.45) is 159 Å². The maximum absolute atomic E-state index is 11.9. The fourth-order valence-electron chi connectivity index (χ4n) is 21.0. The van der Waals surface area contributed by atoms with Gasteiger partial charge in [0.1, 0.15) is 23.1 Å². The third-order valence-corrected chi connectivity index (χ3v) is 28.5. The lowest BCUT2D eigenvalue weighted by molar-refractivity contribution is -0.161. The molecule has 0 spiro atoms. The predicted molar refractivity (Wildman–Crippen MR) is 456 cm³/mol. The lowest BCUT2D eigenvalue weighted by Gasteiger charge is -2.54. The highest BCUT2D eigenvalue weighted by molar-refractivity contribution is 7.91. The highest BCUT2D eigenvalue weighted by atomic mass is 32.2. The number of hydrogen-bond donors (Lipinski definition) is 0. The Bertz CT molecular complexity index is 2880. The van der Waals surface area contributed by atoms with E-state index in [1.807, 2.05) is 41.5 Å². The van der Waals surface area contributed by atoms with Crippen LogP contribution in [-0.4, -0.2) is 69.8 Å². The summed E-state index contributed by atoms with van der Waals surface area (Å²) in [6.07, 6.45) is 12.4. The maximum atomic E-state index is 11.9. The van der Waals surface area contributed by atoms with Crippen LogP contribution in [0.5, 0.6) is 5.75 Å². The Morgan fingerprint density at radius 3 is 1.01 bits per heavy atom. The highest BCUT2D eigenvalue weighted by Gasteiger charge is 2.54. The Kier molecular flexibility index (Phi) is 32.7. The summed E-state index contributed by atoms with van der Waals surface area (Å²) < 4.78 is 41.3. The number of ketones is 3. The van der Waals surface area contributed by atoms with Gasteiger partial charge in [-0.05, 0) is 185 Å². The first kappa shape index (κ1) is 98.1. The van der Waals surface area contributed by atoms with Crippen molar-refractivity contribution in [3.8, 4) is 5.75 Å². The van der Waals surface area contributed by atoms with E-state index in [1.54, 1.807) is 0 Å². The topological polar surface area (TPSA) is 113 Å². The van der Waals surface area contributed by atoms with Gasteiger partial charge < -0.3 is 14.2 Å². The number of benzene rings is 1. The highest BCUT2D eigenvalue weighted by Crippen LogP contribution is 2.57. The van der Waals surface area contributed by atoms with E-state index in [4.69, 9.17) is 14.2 Å². The summed E-state index contributed by atoms with van der Waals surface area (Å²) in [7, 11) is -2.81. The van der Waals surface area contributed by atoms with Gasteiger partial charge in [0, 0.05) is 30.1 Å². The zero-order valence-corrected chi connectivity index (χ0v) is 78.9. The van der Waals surface area contributed by atoms with Crippen LogP contribution < -0.4 is 4.74 Å². The molecule has 9 heteroatoms. The third kappa shape index (κ3) is 27.9. The SMILES string of the molecule is CC(C)(C)C1C(=O)CC(=O)C1C(C)(C)C.CC(C)(C)C1CCC(=O)C1C(C)(C)C.CC(C)(C)C1CCCC1C(C)(C)C.CC(C)(C)C1COCC1C(C)(C)C.CC(C)(C)[C@@H]1COC2CCCCC2[C@@H]1C(C)(C)C.CC(C)(C)[C@@H]1COc2ccccc2[C@@H]1C(C)(C)C.CC(C)(C)[C@@H]1CS(=O)(=O)C[C@@H]1C(C)(C)C. The molecule has 9 rings (SSSR count). The van der Waals surface area contributed by atoms with E-state index in [0.29, 0.717) is 103 Å². The normalized spacial score (nSPS) is 30.7. The van der Waals surface area contributed by atoms with Crippen molar-refractivity contribution < 1.29 is 37.0 Å². The Hall–Kier alpha value is -2.10. The molecule has 4 aliphatic carbocycles. The van der Waals surface area contributed by atoms with Crippen LogP contribution in [0.4, 0.5) is 0 Å². The lowest BCUT2D eigenvalue weighted by atomic mass is 9.56. The van der Waals surface area contributed by atoms with Crippen LogP contribution >= 0.6 is 0 Å². The molecule has 8 nitrogen and oxygen atoms in total. The summed E-state index contributed by atoms with van der Waals surface area (Å²) in [5.41, 5.74) is 4.81. The van der Waals surface area contributed by atoms with Crippen molar-refractivity contribution >= 4 is 27.2 Å². The largest absolute Gasteiger partial charge is 0.493 e. The fourth-order valence-corrected chi connectivity index (χ4v) is 23.7. The minimum absolute atomic E-state index is 0.0848. The van der Waals surface area contributed by atoms with Gasteiger partial charge in [-0.25, -0.2) is 8.42 Å². The fraction of sp³-hybridized carbons (Fsp3) is 0.907. The van der Waals surface area contributed by atoms with Crippen LogP contribution in [0.2, 0.25) is 0 Å². The van der Waals surface area contributed by atoms with Gasteiger partial charge in [-0.2, -0.15) is 0 Å². The molecule has 10 unspecified atom stereocenters. The first-order valence-corrected chi connectivity index (χ1v) is 44.5. The zero-order valence-electron chi connectivity index (χ0n) is 78.0. The Balaban J connectivity index is 0.000000322. The van der Waals surface area contributed by atoms with Crippen LogP contribution in [0.3, 0.4) is 0 Å². The molecule has 4 heterocycles. The monoisotopic (exact) mass is 1500 g/mol. The number of sulfone groups is 1. The molecule has 4 aliphatic heterocycles. The quantitative estimate of drug-likeness (QED) is 0.236. The van der Waals surface area contributed by atoms with E-state index in [-0.39, 0.29) is 79.1 Å². The number of carbonyl (C=O) groups is 3. The molecule has 0 radical (unpaired) electrons. The number of Topliss-reactive ketones (excluding diaryl/α,β-unsaturated/α-hetero) is 3. The number of fused-ring (bicyclic) bond motifs is 2. The molecule has 3 saturated heterocycles. The van der Waals surface area contributed by atoms with Gasteiger partial charge in [-0.1, -0.05) is 328 Å². The molecule has 1 aromatic rings. The summed E-state index contributed by atoms with van der Waals surface area (Å²) in [4.78, 5) is 35.6. The molecule has 7 fully saturated rings. The molecule has 0 amide bonds. The van der Waals surface area contributed by atoms with Crippen LogP contribution in [0.15, 0.2) is 24.3 Å². The van der Waals surface area contributed by atoms with E-state index in [2.05, 4.69) is 274 Å². The minimum atomic E-state index is -2.81. The number of para-hydroxylation sites is 1. The van der Waals surface area contributed by atoms with Crippen LogP contribution in [-0.2, 0) is 33.7 Å². The van der Waals surface area contributed by atoms with E-state index in [0.717, 1.165) is 68.7 Å². The van der Waals surface area contributed by atoms with Crippen molar-refractivity contribution in [3.05, 3.63) is 29.8 Å². The van der Waals surface area contributed by atoms with Gasteiger partial charge in [0.25, 0.3) is 0 Å². The van der Waals surface area contributed by atoms with Crippen LogP contribution in [0.25, 0.3) is 0 Å². The summed E-state index contributed by atoms with van der Waals surface area (Å²) in [6.45, 7) is 99.1. The molecule has 1 aromatic carbocycles. The molecule has 8 aliphatic rings. The number of carbonyl (C=O) groups excluding carboxylic acids is 3. The van der Waals surface area contributed by atoms with Gasteiger partial charge >= 0.3 is 0 Å². The molecule has 106 heavy (non-hydrogen) atoms. The number of ether oxygens (including phenoxy) is 3. The molecule has 0 N–H and O–H groups in total. The van der Waals surface area contributed by atoms with Crippen molar-refractivity contribution in [1.29, 1.82) is 0 Å². The summed E-state index contributed by atoms with van der Waals surface area (Å²) in [5, 5.41) is 0. The summed E-state index contributed by atoms with van der Waals surface area (Å²) in [5.74, 6) is 10.5. The number of hydrogen-bond acceptors (Lipinski definition) is 8. The van der Waals surface area contributed by atoms with E-state index >= 15 is 0 Å². The molecule has 16 atom stereocenters. The second-order valence-corrected chi connectivity index (χ2v) is 52.5. The average molecular weight is 1500 g/mol. The standard InChI is InChI=1S/C17H32O.C17H26O.C13H22O2.C13H24O.C13H26.C12H24O2S.C12H24O/c2*1-16(2,3)13-11-18-14-10-8-7-9-12(14)15(13)17(4,5)6;1-12(2,3)10-8(14)7-9(15)11(10)13(4,5)6;1-12(2,3)9-7-8-10(14)11(9)13(4,5)6;1-12(2,3)10-8-7-9-11(10)13(4,5)6;1-11(2,3)9-7-15(13,14)8-10(9)12(4,5)6;1-11(2,3)9-7-13-8-10(9)12(4,5)6/h12-15H,7-11H2,1-6H3;7-10,13,15H,11H2,1-6H3;10-11H,7H2,1-6H3;9,11H,7-8H2,1-6H3;10-11H,7-9H2,1-6H3;9-10H,7-8H2,1-6H3;9-10H,7-8H2,1-6H3/t12?,13-,14?,15+;13-,15+;;;;9-,10+;/m11...../s1. The van der Waals surface area contributed by atoms with E-state index in [1.165, 1.54) is 50.5 Å². The van der Waals surface area contributed by atoms with Crippen molar-refractivity contribution in [1.82, 2.24) is 0 Å². The molecular weight excluding hydrogens is 1330 g/mol. The predicted octanol–water partition coefficient (Wildman–Crippen LogP) is 26.9. The van der Waals surface area contributed by atoms with Crippen LogP contribution in [0, 0.1) is 159 Å². The molecular formula is C97H178O8S. The van der Waals surface area contributed by atoms with Gasteiger partial charge in [0.05, 0.1) is 50.5 Å². The summed E-state index contributed by atoms with van der Waals surface area (Å²) >= 11 is 0. The zero-order chi connectivity index (χ0) is 82.9. The van der Waals surface area contributed by atoms with Gasteiger partial charge in [0.2, 0.25) is 0 Å². The molecule has 0 bridgehead atoms. The number of rotatable bonds is 0. The van der Waals surface area contributed by atoms with Gasteiger partial charge in [-0.15, -0.1) is 0 Å². The first-order chi connectivity index (χ1) is 47.0. The van der Waals surface area contributed by atoms with Gasteiger partial charge in [-0.3, -0.25) is 14.4 Å². The second-order valence-electron chi connectivity index (χ2n) is 50.3.